The van der Waals surface area contributed by atoms with Gasteiger partial charge in [0.25, 0.3) is 11.6 Å². The van der Waals surface area contributed by atoms with E-state index in [2.05, 4.69) is 10.6 Å². The molecule has 0 radical (unpaired) electrons. The van der Waals surface area contributed by atoms with Crippen LogP contribution in [-0.4, -0.2) is 66.1 Å². The normalized spacial score (nSPS) is 24.1. The van der Waals surface area contributed by atoms with E-state index in [1.165, 1.54) is 52.3 Å². The fourth-order valence-electron chi connectivity index (χ4n) is 4.50. The van der Waals surface area contributed by atoms with Gasteiger partial charge in [-0.1, -0.05) is 6.07 Å². The third kappa shape index (κ3) is 4.69. The number of hydrogen-bond acceptors (Lipinski definition) is 10. The summed E-state index contributed by atoms with van der Waals surface area (Å²) in [5.41, 5.74) is 0.415. The molecule has 2 aromatic rings. The number of carboxylic acid groups (broad SMARTS) is 1. The lowest BCUT2D eigenvalue weighted by Gasteiger charge is -2.49. The van der Waals surface area contributed by atoms with Gasteiger partial charge in [0.15, 0.2) is 0 Å². The average molecular weight is 581 g/mol. The number of aliphatic carboxylic acids is 1. The number of ether oxygens (including phenoxy) is 1. The van der Waals surface area contributed by atoms with Crippen LogP contribution >= 0.6 is 34.9 Å². The minimum Gasteiger partial charge on any atom is -0.479 e. The predicted molar refractivity (Wildman–Crippen MR) is 142 cm³/mol. The second-order valence-corrected chi connectivity index (χ2v) is 12.7. The highest BCUT2D eigenvalue weighted by atomic mass is 32.2. The zero-order valence-corrected chi connectivity index (χ0v) is 22.9. The van der Waals surface area contributed by atoms with Gasteiger partial charge < -0.3 is 25.4 Å². The summed E-state index contributed by atoms with van der Waals surface area (Å²) in [6.07, 6.45) is 0.735. The van der Waals surface area contributed by atoms with E-state index in [1.807, 2.05) is 0 Å². The molecule has 2 aliphatic heterocycles. The first-order chi connectivity index (χ1) is 17.9. The second kappa shape index (κ2) is 10.5. The highest BCUT2D eigenvalue weighted by Crippen LogP contribution is 2.60. The van der Waals surface area contributed by atoms with Gasteiger partial charge in [-0.05, 0) is 49.2 Å². The van der Waals surface area contributed by atoms with Gasteiger partial charge in [-0.15, -0.1) is 34.9 Å². The molecule has 3 N–H and O–H groups in total. The third-order valence-electron chi connectivity index (χ3n) is 6.37. The van der Waals surface area contributed by atoms with Crippen LogP contribution in [0.15, 0.2) is 41.8 Å². The maximum atomic E-state index is 13.3. The van der Waals surface area contributed by atoms with Gasteiger partial charge in [-0.3, -0.25) is 19.7 Å². The van der Waals surface area contributed by atoms with E-state index in [4.69, 9.17) is 4.74 Å². The third-order valence-corrected chi connectivity index (χ3v) is 10.5. The van der Waals surface area contributed by atoms with Crippen molar-refractivity contribution in [1.29, 1.82) is 0 Å². The van der Waals surface area contributed by atoms with Crippen molar-refractivity contribution in [3.63, 3.8) is 0 Å². The number of fused-ring (bicyclic) bond motifs is 1. The molecule has 4 atom stereocenters. The summed E-state index contributed by atoms with van der Waals surface area (Å²) < 4.78 is 4.37. The Hall–Kier alpha value is -3.30. The summed E-state index contributed by atoms with van der Waals surface area (Å²) >= 11 is 3.59. The largest absolute Gasteiger partial charge is 0.479 e. The Morgan fingerprint density at radius 2 is 1.95 bits per heavy atom. The Labute approximate surface area is 229 Å². The van der Waals surface area contributed by atoms with Gasteiger partial charge in [0.05, 0.1) is 9.67 Å². The SMILES string of the molecule is CS[C@@]1(C(=O)O)N2C(=O)[C@H](NC(=O)C(NC(=O)OCc3ccc([N+](=O)[O-])cc3)c3cccs3)[C@H]2SC1(C)C. The van der Waals surface area contributed by atoms with Crippen LogP contribution in [0.3, 0.4) is 0 Å². The molecule has 2 fully saturated rings. The molecule has 1 aromatic heterocycles. The van der Waals surface area contributed by atoms with Crippen molar-refractivity contribution >= 4 is 64.4 Å². The van der Waals surface area contributed by atoms with E-state index in [0.29, 0.717) is 10.4 Å². The Morgan fingerprint density at radius 1 is 1.26 bits per heavy atom. The molecule has 4 rings (SSSR count). The number of nitro groups is 1. The average Bonchev–Trinajstić information content (AvgIpc) is 3.48. The van der Waals surface area contributed by atoms with Crippen LogP contribution in [0.2, 0.25) is 0 Å². The smallest absolute Gasteiger partial charge is 0.408 e. The van der Waals surface area contributed by atoms with Crippen LogP contribution in [0.5, 0.6) is 0 Å². The zero-order chi connectivity index (χ0) is 27.8. The minimum absolute atomic E-state index is 0.0984. The van der Waals surface area contributed by atoms with E-state index >= 15 is 0 Å². The van der Waals surface area contributed by atoms with Crippen LogP contribution < -0.4 is 10.6 Å². The van der Waals surface area contributed by atoms with Gasteiger partial charge in [0.2, 0.25) is 10.8 Å². The molecule has 1 aromatic carbocycles. The van der Waals surface area contributed by atoms with Crippen LogP contribution in [-0.2, 0) is 25.7 Å². The maximum absolute atomic E-state index is 13.3. The lowest BCUT2D eigenvalue weighted by Crippen LogP contribution is -2.74. The number of carbonyl (C=O) groups excluding carboxylic acids is 3. The fraction of sp³-hybridized carbons (Fsp3) is 0.391. The summed E-state index contributed by atoms with van der Waals surface area (Å²) in [6.45, 7) is 3.33. The van der Waals surface area contributed by atoms with E-state index in [9.17, 15) is 34.4 Å². The molecule has 0 saturated carbocycles. The number of β-lactam (4-membered cyclic amide) rings is 1. The number of carbonyl (C=O) groups is 4. The molecule has 0 bridgehead atoms. The number of rotatable bonds is 9. The van der Waals surface area contributed by atoms with Crippen molar-refractivity contribution in [3.05, 3.63) is 62.3 Å². The number of thioether (sulfide) groups is 2. The molecular weight excluding hydrogens is 556 g/mol. The molecule has 3 amide bonds. The number of nitro benzene ring substituents is 1. The Balaban J connectivity index is 1.43. The summed E-state index contributed by atoms with van der Waals surface area (Å²) in [5.74, 6) is -2.28. The molecular formula is C23H24N4O8S3. The maximum Gasteiger partial charge on any atom is 0.408 e. The van der Waals surface area contributed by atoms with E-state index < -0.39 is 55.9 Å². The first-order valence-electron chi connectivity index (χ1n) is 11.2. The summed E-state index contributed by atoms with van der Waals surface area (Å²) in [7, 11) is 0. The second-order valence-electron chi connectivity index (χ2n) is 8.96. The Morgan fingerprint density at radius 3 is 2.50 bits per heavy atom. The number of benzene rings is 1. The van der Waals surface area contributed by atoms with Crippen LogP contribution in [0.25, 0.3) is 0 Å². The van der Waals surface area contributed by atoms with Crippen molar-refractivity contribution in [2.45, 2.75) is 47.5 Å². The quantitative estimate of drug-likeness (QED) is 0.228. The van der Waals surface area contributed by atoms with Gasteiger partial charge >= 0.3 is 12.1 Å². The first kappa shape index (κ1) is 27.7. The van der Waals surface area contributed by atoms with Gasteiger partial charge in [0, 0.05) is 17.0 Å². The van der Waals surface area contributed by atoms with Crippen molar-refractivity contribution in [1.82, 2.24) is 15.5 Å². The van der Waals surface area contributed by atoms with Crippen molar-refractivity contribution in [2.75, 3.05) is 6.26 Å². The highest BCUT2D eigenvalue weighted by molar-refractivity contribution is 8.06. The highest BCUT2D eigenvalue weighted by Gasteiger charge is 2.73. The van der Waals surface area contributed by atoms with Crippen molar-refractivity contribution < 1.29 is 33.9 Å². The number of amides is 3. The number of alkyl carbamates (subject to hydrolysis) is 1. The molecule has 15 heteroatoms. The molecule has 3 heterocycles. The van der Waals surface area contributed by atoms with Crippen molar-refractivity contribution in [3.8, 4) is 0 Å². The number of hydrogen-bond donors (Lipinski definition) is 3. The van der Waals surface area contributed by atoms with Crippen LogP contribution in [0, 0.1) is 10.1 Å². The Kier molecular flexibility index (Phi) is 7.63. The molecule has 0 spiro atoms. The standard InChI is InChI=1S/C23H24N4O8S3/c1-22(2)23(36-3,20(30)31)26-18(29)16(19(26)38-22)24-17(28)15(14-5-4-10-37-14)25-21(32)35-11-12-6-8-13(9-7-12)27(33)34/h4-10,15-16,19H,11H2,1-3H3,(H,24,28)(H,25,32)(H,30,31)/t15?,16-,19+,23+/m0/s1. The lowest BCUT2D eigenvalue weighted by atomic mass is 9.95. The molecule has 2 aliphatic rings. The molecule has 1 unspecified atom stereocenters. The van der Waals surface area contributed by atoms with E-state index in [-0.39, 0.29) is 12.3 Å². The zero-order valence-electron chi connectivity index (χ0n) is 20.4. The molecule has 2 saturated heterocycles. The van der Waals surface area contributed by atoms with Crippen LogP contribution in [0.1, 0.15) is 30.3 Å². The molecule has 12 nitrogen and oxygen atoms in total. The van der Waals surface area contributed by atoms with Crippen LogP contribution in [0.4, 0.5) is 10.5 Å². The number of nitrogens with zero attached hydrogens (tertiary/aromatic N) is 2. The lowest BCUT2D eigenvalue weighted by molar-refractivity contribution is -0.384. The monoisotopic (exact) mass is 580 g/mol. The van der Waals surface area contributed by atoms with E-state index in [1.54, 1.807) is 37.6 Å². The predicted octanol–water partition coefficient (Wildman–Crippen LogP) is 2.95. The molecule has 202 valence electrons. The summed E-state index contributed by atoms with van der Waals surface area (Å²) in [4.78, 5) is 61.7. The number of carboxylic acids is 1. The van der Waals surface area contributed by atoms with Crippen molar-refractivity contribution in [2.24, 2.45) is 0 Å². The fourth-order valence-corrected chi connectivity index (χ4v) is 8.43. The molecule has 38 heavy (non-hydrogen) atoms. The minimum atomic E-state index is -1.48. The summed E-state index contributed by atoms with van der Waals surface area (Å²) in [6, 6.07) is 6.72. The first-order valence-corrected chi connectivity index (χ1v) is 14.2. The van der Waals surface area contributed by atoms with E-state index in [0.717, 1.165) is 11.8 Å². The number of nitrogens with one attached hydrogen (secondary N) is 2. The molecule has 0 aliphatic carbocycles. The number of thiophene rings is 1. The summed E-state index contributed by atoms with van der Waals surface area (Å²) in [5, 5.41) is 27.1. The number of non-ortho nitro benzene ring substituents is 1. The van der Waals surface area contributed by atoms with Gasteiger partial charge in [0.1, 0.15) is 24.1 Å². The topological polar surface area (TPSA) is 168 Å². The Bertz CT molecular complexity index is 1270. The van der Waals surface area contributed by atoms with Gasteiger partial charge in [-0.25, -0.2) is 9.59 Å². The van der Waals surface area contributed by atoms with Gasteiger partial charge in [-0.2, -0.15) is 0 Å².